The molecule has 0 aliphatic heterocycles. The molecule has 3 aromatic rings. The summed E-state index contributed by atoms with van der Waals surface area (Å²) in [7, 11) is -2.44. The molecule has 0 saturated heterocycles. The Morgan fingerprint density at radius 3 is 2.41 bits per heavy atom. The minimum absolute atomic E-state index is 0.0646. The number of methoxy groups -OCH3 is 1. The van der Waals surface area contributed by atoms with Gasteiger partial charge in [0.05, 0.1) is 7.11 Å². The number of hydrogen-bond acceptors (Lipinski definition) is 6. The second-order valence-electron chi connectivity index (χ2n) is 7.20. The summed E-state index contributed by atoms with van der Waals surface area (Å²) < 4.78 is 51.2. The second-order valence-corrected chi connectivity index (χ2v) is 9.10. The van der Waals surface area contributed by atoms with Crippen molar-refractivity contribution in [3.63, 3.8) is 0 Å². The van der Waals surface area contributed by atoms with Gasteiger partial charge in [0, 0.05) is 37.5 Å². The number of nitrogens with zero attached hydrogens (tertiary/aromatic N) is 2. The largest absolute Gasteiger partial charge is 0.495 e. The van der Waals surface area contributed by atoms with Crippen molar-refractivity contribution < 1.29 is 27.1 Å². The monoisotopic (exact) mass is 487 g/mol. The van der Waals surface area contributed by atoms with Gasteiger partial charge in [-0.1, -0.05) is 13.8 Å². The van der Waals surface area contributed by atoms with Crippen molar-refractivity contribution >= 4 is 15.9 Å². The lowest BCUT2D eigenvalue weighted by atomic mass is 10.2. The number of amides is 1. The predicted octanol–water partition coefficient (Wildman–Crippen LogP) is 3.98. The molecular formula is C24H26FN3O5S. The number of carbonyl (C=O) groups excluding carboxylic acids is 1. The second kappa shape index (κ2) is 11.1. The topological polar surface area (TPSA) is 97.8 Å². The van der Waals surface area contributed by atoms with Gasteiger partial charge in [-0.25, -0.2) is 17.8 Å². The van der Waals surface area contributed by atoms with Crippen LogP contribution in [-0.4, -0.2) is 43.8 Å². The zero-order valence-corrected chi connectivity index (χ0v) is 19.9. The Morgan fingerprint density at radius 1 is 1.06 bits per heavy atom. The van der Waals surface area contributed by atoms with Crippen LogP contribution in [0, 0.1) is 5.82 Å². The molecule has 0 radical (unpaired) electrons. The molecule has 3 rings (SSSR count). The number of hydrogen-bond donors (Lipinski definition) is 1. The van der Waals surface area contributed by atoms with Crippen LogP contribution in [0.15, 0.2) is 65.7 Å². The molecule has 0 bridgehead atoms. The van der Waals surface area contributed by atoms with Crippen LogP contribution in [0.3, 0.4) is 0 Å². The van der Waals surface area contributed by atoms with Gasteiger partial charge in [-0.05, 0) is 54.1 Å². The van der Waals surface area contributed by atoms with E-state index in [9.17, 15) is 17.6 Å². The van der Waals surface area contributed by atoms with Gasteiger partial charge in [0.25, 0.3) is 5.91 Å². The minimum atomic E-state index is -3.83. The lowest BCUT2D eigenvalue weighted by molar-refractivity contribution is 0.0950. The molecule has 34 heavy (non-hydrogen) atoms. The summed E-state index contributed by atoms with van der Waals surface area (Å²) in [6.07, 6.45) is 1.53. The lowest BCUT2D eigenvalue weighted by Gasteiger charge is -2.20. The molecule has 2 aromatic carbocycles. The van der Waals surface area contributed by atoms with E-state index in [-0.39, 0.29) is 34.5 Å². The number of pyridine rings is 1. The van der Waals surface area contributed by atoms with Crippen LogP contribution in [0.5, 0.6) is 17.4 Å². The summed E-state index contributed by atoms with van der Waals surface area (Å²) in [5, 5.41) is 2.77. The quantitative estimate of drug-likeness (QED) is 0.465. The minimum Gasteiger partial charge on any atom is -0.495 e. The van der Waals surface area contributed by atoms with Crippen molar-refractivity contribution in [1.29, 1.82) is 0 Å². The van der Waals surface area contributed by atoms with E-state index >= 15 is 0 Å². The summed E-state index contributed by atoms with van der Waals surface area (Å²) >= 11 is 0. The number of nitrogens with one attached hydrogen (secondary N) is 1. The molecular weight excluding hydrogens is 461 g/mol. The first kappa shape index (κ1) is 25.1. The Hall–Kier alpha value is -3.50. The van der Waals surface area contributed by atoms with E-state index in [0.29, 0.717) is 24.4 Å². The molecule has 0 saturated carbocycles. The number of carbonyl (C=O) groups is 1. The maximum atomic E-state index is 13.1. The summed E-state index contributed by atoms with van der Waals surface area (Å²) in [6, 6.07) is 13.2. The number of rotatable bonds is 10. The first-order valence-corrected chi connectivity index (χ1v) is 12.1. The third-order valence-corrected chi connectivity index (χ3v) is 7.11. The smallest absolute Gasteiger partial charge is 0.251 e. The maximum Gasteiger partial charge on any atom is 0.251 e. The highest BCUT2D eigenvalue weighted by molar-refractivity contribution is 7.89. The Bertz CT molecular complexity index is 1250. The van der Waals surface area contributed by atoms with Crippen LogP contribution in [-0.2, 0) is 16.6 Å². The highest BCUT2D eigenvalue weighted by atomic mass is 32.2. The predicted molar refractivity (Wildman–Crippen MR) is 125 cm³/mol. The van der Waals surface area contributed by atoms with Crippen LogP contribution >= 0.6 is 0 Å². The van der Waals surface area contributed by atoms with E-state index in [1.54, 1.807) is 26.0 Å². The molecule has 180 valence electrons. The van der Waals surface area contributed by atoms with E-state index in [1.807, 2.05) is 0 Å². The lowest BCUT2D eigenvalue weighted by Crippen LogP contribution is -2.31. The van der Waals surface area contributed by atoms with Gasteiger partial charge >= 0.3 is 0 Å². The molecule has 0 fully saturated rings. The van der Waals surface area contributed by atoms with E-state index in [0.717, 1.165) is 0 Å². The number of ether oxygens (including phenoxy) is 2. The standard InChI is InChI=1S/C24H26FN3O5S/c1-4-28(5-2)34(30,31)22-15-18(6-11-21(22)32-3)24(29)27-16-17-12-13-26-23(14-17)33-20-9-7-19(25)8-10-20/h6-15H,4-5,16H2,1-3H3,(H,27,29). The van der Waals surface area contributed by atoms with Crippen molar-refractivity contribution in [3.8, 4) is 17.4 Å². The van der Waals surface area contributed by atoms with Crippen molar-refractivity contribution in [1.82, 2.24) is 14.6 Å². The van der Waals surface area contributed by atoms with Gasteiger partial charge in [0.2, 0.25) is 15.9 Å². The first-order chi connectivity index (χ1) is 16.3. The average Bonchev–Trinajstić information content (AvgIpc) is 2.84. The van der Waals surface area contributed by atoms with Gasteiger partial charge in [0.1, 0.15) is 22.2 Å². The highest BCUT2D eigenvalue weighted by Gasteiger charge is 2.26. The zero-order valence-electron chi connectivity index (χ0n) is 19.1. The third-order valence-electron chi connectivity index (χ3n) is 5.04. The van der Waals surface area contributed by atoms with Crippen molar-refractivity contribution in [3.05, 3.63) is 77.7 Å². The Labute approximate surface area is 198 Å². The molecule has 0 spiro atoms. The molecule has 0 unspecified atom stereocenters. The van der Waals surface area contributed by atoms with E-state index in [1.165, 1.54) is 60.1 Å². The zero-order chi connectivity index (χ0) is 24.7. The highest BCUT2D eigenvalue weighted by Crippen LogP contribution is 2.28. The van der Waals surface area contributed by atoms with Crippen LogP contribution in [0.4, 0.5) is 4.39 Å². The van der Waals surface area contributed by atoms with Gasteiger partial charge in [-0.3, -0.25) is 4.79 Å². The Balaban J connectivity index is 1.74. The number of benzene rings is 2. The number of halogens is 1. The molecule has 1 N–H and O–H groups in total. The summed E-state index contributed by atoms with van der Waals surface area (Å²) in [5.41, 5.74) is 0.897. The van der Waals surface area contributed by atoms with Crippen LogP contribution in [0.25, 0.3) is 0 Å². The number of aromatic nitrogens is 1. The van der Waals surface area contributed by atoms with E-state index < -0.39 is 15.9 Å². The van der Waals surface area contributed by atoms with Crippen molar-refractivity contribution in [2.24, 2.45) is 0 Å². The van der Waals surface area contributed by atoms with Gasteiger partial charge in [-0.15, -0.1) is 0 Å². The Kier molecular flexibility index (Phi) is 8.19. The number of sulfonamides is 1. The van der Waals surface area contributed by atoms with Crippen molar-refractivity contribution in [2.45, 2.75) is 25.3 Å². The Morgan fingerprint density at radius 2 is 1.76 bits per heavy atom. The van der Waals surface area contributed by atoms with Crippen molar-refractivity contribution in [2.75, 3.05) is 20.2 Å². The van der Waals surface area contributed by atoms with Crippen LogP contribution < -0.4 is 14.8 Å². The summed E-state index contributed by atoms with van der Waals surface area (Å²) in [5.74, 6) is 0.0608. The fourth-order valence-corrected chi connectivity index (χ4v) is 4.89. The van der Waals surface area contributed by atoms with Gasteiger partial charge in [0.15, 0.2) is 0 Å². The van der Waals surface area contributed by atoms with Gasteiger partial charge < -0.3 is 14.8 Å². The first-order valence-electron chi connectivity index (χ1n) is 10.6. The average molecular weight is 488 g/mol. The maximum absolute atomic E-state index is 13.1. The molecule has 1 amide bonds. The molecule has 1 heterocycles. The molecule has 0 aliphatic rings. The molecule has 0 aliphatic carbocycles. The molecule has 10 heteroatoms. The van der Waals surface area contributed by atoms with Gasteiger partial charge in [-0.2, -0.15) is 4.31 Å². The molecule has 0 atom stereocenters. The van der Waals surface area contributed by atoms with E-state index in [2.05, 4.69) is 10.3 Å². The van der Waals surface area contributed by atoms with Crippen LogP contribution in [0.1, 0.15) is 29.8 Å². The summed E-state index contributed by atoms with van der Waals surface area (Å²) in [4.78, 5) is 16.8. The van der Waals surface area contributed by atoms with E-state index in [4.69, 9.17) is 9.47 Å². The normalized spacial score (nSPS) is 11.3. The molecule has 8 nitrogen and oxygen atoms in total. The fraction of sp³-hybridized carbons (Fsp3) is 0.250. The molecule has 1 aromatic heterocycles. The third kappa shape index (κ3) is 5.89. The summed E-state index contributed by atoms with van der Waals surface area (Å²) in [6.45, 7) is 4.23. The van der Waals surface area contributed by atoms with Crippen LogP contribution in [0.2, 0.25) is 0 Å². The fourth-order valence-electron chi connectivity index (χ4n) is 3.25. The SMILES string of the molecule is CCN(CC)S(=O)(=O)c1cc(C(=O)NCc2ccnc(Oc3ccc(F)cc3)c2)ccc1OC.